The Balaban J connectivity index is 1.15. The molecule has 1 saturated heterocycles. The summed E-state index contributed by atoms with van der Waals surface area (Å²) >= 11 is 6.14. The average molecular weight is 603 g/mol. The molecule has 0 radical (unpaired) electrons. The number of hydrogen-bond donors (Lipinski definition) is 1. The van der Waals surface area contributed by atoms with Gasteiger partial charge in [-0.05, 0) is 85.8 Å². The molecule has 0 spiro atoms. The lowest BCUT2D eigenvalue weighted by Crippen LogP contribution is -2.61. The summed E-state index contributed by atoms with van der Waals surface area (Å²) in [4.78, 5) is 30.7. The molecular formula is C33H32ClFN4O4. The molecule has 8 nitrogen and oxygen atoms in total. The number of nitrogens with one attached hydrogen (secondary N) is 1. The zero-order chi connectivity index (χ0) is 30.1. The van der Waals surface area contributed by atoms with E-state index in [1.54, 1.807) is 41.3 Å². The Morgan fingerprint density at radius 2 is 1.93 bits per heavy atom. The van der Waals surface area contributed by atoms with E-state index in [4.69, 9.17) is 20.9 Å². The smallest absolute Gasteiger partial charge is 0.247 e. The number of nitrogens with zero attached hydrogens (tertiary/aromatic N) is 3. The van der Waals surface area contributed by atoms with Gasteiger partial charge in [-0.3, -0.25) is 14.5 Å². The molecular weight excluding hydrogens is 571 g/mol. The van der Waals surface area contributed by atoms with Gasteiger partial charge >= 0.3 is 0 Å². The first-order chi connectivity index (χ1) is 20.8. The van der Waals surface area contributed by atoms with Crippen molar-refractivity contribution in [3.8, 4) is 17.0 Å². The monoisotopic (exact) mass is 602 g/mol. The molecule has 0 unspecified atom stereocenters. The number of ether oxygens (including phenoxy) is 1. The molecule has 1 atom stereocenters. The molecule has 0 bridgehead atoms. The zero-order valence-corrected chi connectivity index (χ0v) is 24.7. The molecule has 1 aliphatic carbocycles. The van der Waals surface area contributed by atoms with Gasteiger partial charge in [-0.15, -0.1) is 0 Å². The molecule has 2 aliphatic rings. The van der Waals surface area contributed by atoms with Crippen molar-refractivity contribution in [3.05, 3.63) is 100 Å². The molecule has 2 fully saturated rings. The van der Waals surface area contributed by atoms with Gasteiger partial charge in [0, 0.05) is 36.4 Å². The van der Waals surface area contributed by atoms with Crippen LogP contribution in [0.25, 0.3) is 11.3 Å². The van der Waals surface area contributed by atoms with Crippen molar-refractivity contribution in [2.75, 3.05) is 18.0 Å². The van der Waals surface area contributed by atoms with Gasteiger partial charge in [-0.1, -0.05) is 35.0 Å². The standard InChI is InChI=1S/C33H32ClFN4O4/c1-20-4-3-5-22(21(20)2)18-38(24-7-8-24)33(41)31-16-36-17-32(40)39(31)25-9-11-26(12-10-25)42-19-27-15-30(37-43-27)28-13-6-23(35)14-29(28)34/h3-6,9-15,24,31,36H,7-8,16-19H2,1-2H3/t31-/m1/s1. The van der Waals surface area contributed by atoms with Gasteiger partial charge in [0.2, 0.25) is 11.8 Å². The van der Waals surface area contributed by atoms with Crippen LogP contribution >= 0.6 is 11.6 Å². The normalized spacial score (nSPS) is 16.8. The first-order valence-electron chi connectivity index (χ1n) is 14.3. The number of amides is 2. The second-order valence-corrected chi connectivity index (χ2v) is 11.5. The van der Waals surface area contributed by atoms with E-state index in [9.17, 15) is 14.0 Å². The maximum absolute atomic E-state index is 14.0. The predicted molar refractivity (Wildman–Crippen MR) is 161 cm³/mol. The van der Waals surface area contributed by atoms with E-state index in [1.807, 2.05) is 11.0 Å². The Hall–Kier alpha value is -4.21. The van der Waals surface area contributed by atoms with Crippen LogP contribution in [0.3, 0.4) is 0 Å². The van der Waals surface area contributed by atoms with E-state index >= 15 is 0 Å². The maximum Gasteiger partial charge on any atom is 0.247 e. The summed E-state index contributed by atoms with van der Waals surface area (Å²) < 4.78 is 24.6. The number of carbonyl (C=O) groups is 2. The third-order valence-corrected chi connectivity index (χ3v) is 8.38. The summed E-state index contributed by atoms with van der Waals surface area (Å²) in [6, 6.07) is 18.6. The van der Waals surface area contributed by atoms with Crippen molar-refractivity contribution in [2.45, 2.75) is 51.9 Å². The van der Waals surface area contributed by atoms with Crippen LogP contribution in [0.2, 0.25) is 5.02 Å². The van der Waals surface area contributed by atoms with E-state index in [0.717, 1.165) is 18.4 Å². The minimum atomic E-state index is -0.648. The number of aromatic nitrogens is 1. The van der Waals surface area contributed by atoms with Crippen LogP contribution in [0.1, 0.15) is 35.3 Å². The SMILES string of the molecule is Cc1cccc(CN(C(=O)[C@H]2CNCC(=O)N2c2ccc(OCc3cc(-c4ccc(F)cc4Cl)no3)cc2)C2CC2)c1C. The third-order valence-electron chi connectivity index (χ3n) is 8.07. The van der Waals surface area contributed by atoms with Crippen LogP contribution < -0.4 is 15.0 Å². The minimum absolute atomic E-state index is 0.0494. The number of benzene rings is 3. The Labute approximate surface area is 254 Å². The fourth-order valence-corrected chi connectivity index (χ4v) is 5.65. The largest absolute Gasteiger partial charge is 0.486 e. The molecule has 3 aromatic carbocycles. The van der Waals surface area contributed by atoms with E-state index in [-0.39, 0.29) is 36.0 Å². The topological polar surface area (TPSA) is 87.9 Å². The highest BCUT2D eigenvalue weighted by molar-refractivity contribution is 6.33. The van der Waals surface area contributed by atoms with Gasteiger partial charge in [0.15, 0.2) is 5.76 Å². The van der Waals surface area contributed by atoms with Gasteiger partial charge in [-0.25, -0.2) is 4.39 Å². The van der Waals surface area contributed by atoms with Crippen LogP contribution in [0, 0.1) is 19.7 Å². The minimum Gasteiger partial charge on any atom is -0.486 e. The highest BCUT2D eigenvalue weighted by atomic mass is 35.5. The van der Waals surface area contributed by atoms with Gasteiger partial charge in [0.1, 0.15) is 29.9 Å². The number of halogens is 2. The Morgan fingerprint density at radius 3 is 2.67 bits per heavy atom. The highest BCUT2D eigenvalue weighted by Gasteiger charge is 2.41. The van der Waals surface area contributed by atoms with Gasteiger partial charge in [-0.2, -0.15) is 0 Å². The van der Waals surface area contributed by atoms with Crippen LogP contribution in [0.4, 0.5) is 10.1 Å². The molecule has 1 aliphatic heterocycles. The van der Waals surface area contributed by atoms with Crippen molar-refractivity contribution in [3.63, 3.8) is 0 Å². The fraction of sp³-hybridized carbons (Fsp3) is 0.303. The fourth-order valence-electron chi connectivity index (χ4n) is 5.38. The molecule has 2 amide bonds. The summed E-state index contributed by atoms with van der Waals surface area (Å²) in [5.74, 6) is 0.383. The van der Waals surface area contributed by atoms with Gasteiger partial charge in [0.25, 0.3) is 0 Å². The highest BCUT2D eigenvalue weighted by Crippen LogP contribution is 2.32. The molecule has 1 N–H and O–H groups in total. The summed E-state index contributed by atoms with van der Waals surface area (Å²) in [5.41, 5.74) is 5.17. The number of hydrogen-bond acceptors (Lipinski definition) is 6. The average Bonchev–Trinajstić information content (AvgIpc) is 3.73. The molecule has 2 heterocycles. The van der Waals surface area contributed by atoms with E-state index in [1.165, 1.54) is 23.3 Å². The lowest BCUT2D eigenvalue weighted by Gasteiger charge is -2.38. The number of anilines is 1. The lowest BCUT2D eigenvalue weighted by atomic mass is 10.0. The molecule has 43 heavy (non-hydrogen) atoms. The molecule has 6 rings (SSSR count). The van der Waals surface area contributed by atoms with Crippen LogP contribution in [0.15, 0.2) is 71.3 Å². The number of piperazine rings is 1. The van der Waals surface area contributed by atoms with Crippen LogP contribution in [0.5, 0.6) is 5.75 Å². The van der Waals surface area contributed by atoms with Gasteiger partial charge in [0.05, 0.1) is 11.6 Å². The van der Waals surface area contributed by atoms with E-state index in [2.05, 4.69) is 36.5 Å². The Bertz CT molecular complexity index is 1650. The number of carbonyl (C=O) groups excluding carboxylic acids is 2. The van der Waals surface area contributed by atoms with Gasteiger partial charge < -0.3 is 19.5 Å². The Kier molecular flexibility index (Phi) is 8.19. The summed E-state index contributed by atoms with van der Waals surface area (Å²) in [6.07, 6.45) is 1.95. The number of aryl methyl sites for hydroxylation is 1. The number of rotatable bonds is 9. The zero-order valence-electron chi connectivity index (χ0n) is 24.0. The van der Waals surface area contributed by atoms with Crippen molar-refractivity contribution in [1.29, 1.82) is 0 Å². The molecule has 1 aromatic heterocycles. The quantitative estimate of drug-likeness (QED) is 0.260. The lowest BCUT2D eigenvalue weighted by molar-refractivity contribution is -0.136. The first-order valence-corrected chi connectivity index (χ1v) is 14.7. The first kappa shape index (κ1) is 28.9. The molecule has 222 valence electrons. The summed E-state index contributed by atoms with van der Waals surface area (Å²) in [5, 5.41) is 7.38. The second kappa shape index (κ2) is 12.2. The molecule has 10 heteroatoms. The third kappa shape index (κ3) is 6.28. The van der Waals surface area contributed by atoms with Crippen molar-refractivity contribution in [2.24, 2.45) is 0 Å². The van der Waals surface area contributed by atoms with Crippen molar-refractivity contribution >= 4 is 29.1 Å². The predicted octanol–water partition coefficient (Wildman–Crippen LogP) is 5.83. The van der Waals surface area contributed by atoms with Crippen molar-refractivity contribution in [1.82, 2.24) is 15.4 Å². The molecule has 1 saturated carbocycles. The second-order valence-electron chi connectivity index (χ2n) is 11.1. The van der Waals surface area contributed by atoms with Crippen LogP contribution in [-0.2, 0) is 22.7 Å². The van der Waals surface area contributed by atoms with Crippen LogP contribution in [-0.4, -0.2) is 47.0 Å². The summed E-state index contributed by atoms with van der Waals surface area (Å²) in [6.45, 7) is 5.34. The summed E-state index contributed by atoms with van der Waals surface area (Å²) in [7, 11) is 0. The molecule has 4 aromatic rings. The van der Waals surface area contributed by atoms with Crippen molar-refractivity contribution < 1.29 is 23.2 Å². The van der Waals surface area contributed by atoms with E-state index in [0.29, 0.717) is 41.5 Å². The maximum atomic E-state index is 14.0. The van der Waals surface area contributed by atoms with E-state index < -0.39 is 11.9 Å². The Morgan fingerprint density at radius 1 is 1.14 bits per heavy atom.